The number of thiophene rings is 1. The van der Waals surface area contributed by atoms with Gasteiger partial charge in [0.15, 0.2) is 0 Å². The first-order chi connectivity index (χ1) is 17.4. The maximum atomic E-state index is 13.1. The number of nitrogens with one attached hydrogen (secondary N) is 2. The average Bonchev–Trinajstić information content (AvgIpc) is 3.57. The predicted octanol–water partition coefficient (Wildman–Crippen LogP) is 1.55. The highest BCUT2D eigenvalue weighted by molar-refractivity contribution is 7.10. The molecule has 1 aliphatic carbocycles. The molecular weight excluding hydrogens is 474 g/mol. The van der Waals surface area contributed by atoms with E-state index in [1.807, 2.05) is 52.7 Å². The van der Waals surface area contributed by atoms with Gasteiger partial charge in [0.1, 0.15) is 6.04 Å². The number of piperazine rings is 1. The zero-order valence-electron chi connectivity index (χ0n) is 20.8. The van der Waals surface area contributed by atoms with Crippen LogP contribution in [0.5, 0.6) is 0 Å². The lowest BCUT2D eigenvalue weighted by Crippen LogP contribution is -2.58. The molecule has 2 aliphatic rings. The van der Waals surface area contributed by atoms with Crippen LogP contribution in [-0.4, -0.2) is 78.4 Å². The molecule has 8 nitrogen and oxygen atoms in total. The lowest BCUT2D eigenvalue weighted by Gasteiger charge is -2.35. The first-order valence-corrected chi connectivity index (χ1v) is 13.7. The monoisotopic (exact) mass is 511 g/mol. The van der Waals surface area contributed by atoms with Gasteiger partial charge >= 0.3 is 0 Å². The van der Waals surface area contributed by atoms with Gasteiger partial charge in [-0.2, -0.15) is 0 Å². The highest BCUT2D eigenvalue weighted by atomic mass is 32.1. The summed E-state index contributed by atoms with van der Waals surface area (Å²) in [7, 11) is 0. The van der Waals surface area contributed by atoms with E-state index in [9.17, 15) is 14.4 Å². The lowest BCUT2D eigenvalue weighted by atomic mass is 9.96. The Balaban J connectivity index is 1.24. The molecule has 1 saturated carbocycles. The van der Waals surface area contributed by atoms with Gasteiger partial charge in [-0.1, -0.05) is 49.2 Å². The number of rotatable bonds is 10. The summed E-state index contributed by atoms with van der Waals surface area (Å²) >= 11 is 1.61. The molecule has 1 aliphatic heterocycles. The van der Waals surface area contributed by atoms with Gasteiger partial charge < -0.3 is 21.3 Å². The molecule has 2 heterocycles. The SMILES string of the molecule is NC1(C(=O)N[C@H](Cc2ccccc2)C(=O)NCCN2CCN(C(=O)Cc3cccs3)CC2)CCCC1. The van der Waals surface area contributed by atoms with Crippen LogP contribution in [-0.2, 0) is 27.2 Å². The molecule has 4 N–H and O–H groups in total. The third kappa shape index (κ3) is 7.15. The Morgan fingerprint density at radius 1 is 1.00 bits per heavy atom. The van der Waals surface area contributed by atoms with Gasteiger partial charge in [0.05, 0.1) is 12.0 Å². The van der Waals surface area contributed by atoms with Gasteiger partial charge in [-0.25, -0.2) is 0 Å². The standard InChI is InChI=1S/C27H37N5O3S/c28-27(10-4-5-11-27)26(35)30-23(19-21-7-2-1-3-8-21)25(34)29-12-13-31-14-16-32(17-15-31)24(33)20-22-9-6-18-36-22/h1-3,6-9,18,23H,4-5,10-17,19-20,28H2,(H,29,34)(H,30,35)/t23-/m1/s1. The normalized spacial score (nSPS) is 18.5. The van der Waals surface area contributed by atoms with E-state index in [-0.39, 0.29) is 17.7 Å². The summed E-state index contributed by atoms with van der Waals surface area (Å²) in [5.41, 5.74) is 6.44. The van der Waals surface area contributed by atoms with Crippen LogP contribution >= 0.6 is 11.3 Å². The van der Waals surface area contributed by atoms with Crippen LogP contribution in [0, 0.1) is 0 Å². The zero-order chi connectivity index (χ0) is 25.4. The van der Waals surface area contributed by atoms with Gasteiger partial charge in [0.25, 0.3) is 0 Å². The summed E-state index contributed by atoms with van der Waals surface area (Å²) in [4.78, 5) is 43.8. The number of nitrogens with two attached hydrogens (primary N) is 1. The van der Waals surface area contributed by atoms with Crippen LogP contribution in [0.4, 0.5) is 0 Å². The highest BCUT2D eigenvalue weighted by Gasteiger charge is 2.38. The van der Waals surface area contributed by atoms with Crippen LogP contribution in [0.25, 0.3) is 0 Å². The molecule has 1 saturated heterocycles. The Kier molecular flexibility index (Phi) is 9.12. The van der Waals surface area contributed by atoms with E-state index in [1.54, 1.807) is 11.3 Å². The quantitative estimate of drug-likeness (QED) is 0.449. The second-order valence-corrected chi connectivity index (χ2v) is 10.9. The number of nitrogens with zero attached hydrogens (tertiary/aromatic N) is 2. The number of carbonyl (C=O) groups is 3. The molecule has 0 spiro atoms. The Morgan fingerprint density at radius 3 is 2.39 bits per heavy atom. The zero-order valence-corrected chi connectivity index (χ0v) is 21.6. The molecule has 3 amide bonds. The first-order valence-electron chi connectivity index (χ1n) is 12.9. The van der Waals surface area contributed by atoms with Crippen LogP contribution in [0.3, 0.4) is 0 Å². The second-order valence-electron chi connectivity index (χ2n) is 9.85. The Hall–Kier alpha value is -2.75. The number of carbonyl (C=O) groups excluding carboxylic acids is 3. The highest BCUT2D eigenvalue weighted by Crippen LogP contribution is 2.27. The molecule has 0 radical (unpaired) electrons. The second kappa shape index (κ2) is 12.5. The predicted molar refractivity (Wildman–Crippen MR) is 142 cm³/mol. The lowest BCUT2D eigenvalue weighted by molar-refractivity contribution is -0.132. The van der Waals surface area contributed by atoms with E-state index in [4.69, 9.17) is 5.73 Å². The van der Waals surface area contributed by atoms with Gasteiger partial charge in [0.2, 0.25) is 17.7 Å². The summed E-state index contributed by atoms with van der Waals surface area (Å²) < 4.78 is 0. The number of hydrogen-bond donors (Lipinski definition) is 3. The molecule has 9 heteroatoms. The fourth-order valence-electron chi connectivity index (χ4n) is 4.95. The Morgan fingerprint density at radius 2 is 1.72 bits per heavy atom. The fourth-order valence-corrected chi connectivity index (χ4v) is 5.65. The van der Waals surface area contributed by atoms with E-state index in [2.05, 4.69) is 15.5 Å². The molecule has 1 aromatic heterocycles. The van der Waals surface area contributed by atoms with Crippen LogP contribution in [0.1, 0.15) is 36.1 Å². The summed E-state index contributed by atoms with van der Waals surface area (Å²) in [5, 5.41) is 7.94. The molecule has 1 atom stereocenters. The molecule has 2 fully saturated rings. The van der Waals surface area contributed by atoms with Crippen LogP contribution < -0.4 is 16.4 Å². The number of hydrogen-bond acceptors (Lipinski definition) is 6. The first kappa shape index (κ1) is 26.3. The smallest absolute Gasteiger partial charge is 0.242 e. The van der Waals surface area contributed by atoms with Crippen molar-refractivity contribution in [2.45, 2.75) is 50.1 Å². The average molecular weight is 512 g/mol. The number of amides is 3. The minimum atomic E-state index is -0.879. The molecule has 4 rings (SSSR count). The molecule has 0 unspecified atom stereocenters. The van der Waals surface area contributed by atoms with E-state index in [0.29, 0.717) is 51.9 Å². The van der Waals surface area contributed by atoms with E-state index < -0.39 is 11.6 Å². The van der Waals surface area contributed by atoms with E-state index >= 15 is 0 Å². The third-order valence-corrected chi connectivity index (χ3v) is 8.09. The van der Waals surface area contributed by atoms with Crippen molar-refractivity contribution in [2.75, 3.05) is 39.3 Å². The molecule has 1 aromatic carbocycles. The maximum absolute atomic E-state index is 13.1. The molecule has 194 valence electrons. The van der Waals surface area contributed by atoms with Crippen molar-refractivity contribution in [1.29, 1.82) is 0 Å². The van der Waals surface area contributed by atoms with Crippen molar-refractivity contribution >= 4 is 29.1 Å². The van der Waals surface area contributed by atoms with Crippen LogP contribution in [0.15, 0.2) is 47.8 Å². The largest absolute Gasteiger partial charge is 0.353 e. The Bertz CT molecular complexity index is 1000. The number of benzene rings is 1. The minimum Gasteiger partial charge on any atom is -0.353 e. The van der Waals surface area contributed by atoms with Gasteiger partial charge in [-0.05, 0) is 29.9 Å². The van der Waals surface area contributed by atoms with Crippen molar-refractivity contribution in [1.82, 2.24) is 20.4 Å². The van der Waals surface area contributed by atoms with Crippen molar-refractivity contribution in [3.05, 3.63) is 58.3 Å². The van der Waals surface area contributed by atoms with E-state index in [0.717, 1.165) is 36.4 Å². The van der Waals surface area contributed by atoms with Crippen molar-refractivity contribution in [2.24, 2.45) is 5.73 Å². The topological polar surface area (TPSA) is 108 Å². The summed E-state index contributed by atoms with van der Waals surface area (Å²) in [6, 6.07) is 13.0. The third-order valence-electron chi connectivity index (χ3n) is 7.21. The van der Waals surface area contributed by atoms with Crippen molar-refractivity contribution in [3.8, 4) is 0 Å². The summed E-state index contributed by atoms with van der Waals surface area (Å²) in [6.07, 6.45) is 4.06. The molecule has 2 aromatic rings. The molecule has 36 heavy (non-hydrogen) atoms. The van der Waals surface area contributed by atoms with Crippen LogP contribution in [0.2, 0.25) is 0 Å². The van der Waals surface area contributed by atoms with Crippen molar-refractivity contribution in [3.63, 3.8) is 0 Å². The molecular formula is C27H37N5O3S. The minimum absolute atomic E-state index is 0.171. The molecule has 0 bridgehead atoms. The Labute approximate surface area is 217 Å². The summed E-state index contributed by atoms with van der Waals surface area (Å²) in [6.45, 7) is 4.15. The van der Waals surface area contributed by atoms with Gasteiger partial charge in [-0.3, -0.25) is 19.3 Å². The van der Waals surface area contributed by atoms with Gasteiger partial charge in [-0.15, -0.1) is 11.3 Å². The maximum Gasteiger partial charge on any atom is 0.242 e. The fraction of sp³-hybridized carbons (Fsp3) is 0.519. The summed E-state index contributed by atoms with van der Waals surface area (Å²) in [5.74, 6) is -0.261. The van der Waals surface area contributed by atoms with E-state index in [1.165, 1.54) is 0 Å². The van der Waals surface area contributed by atoms with Gasteiger partial charge in [0, 0.05) is 50.6 Å². The van der Waals surface area contributed by atoms with Crippen molar-refractivity contribution < 1.29 is 14.4 Å².